The smallest absolute Gasteiger partial charge is 0.231 e. The standard InChI is InChI=1S/C17H27NO2S/c1-5-8-18-15(10-21-13(4)12(2)3)14-6-7-16-17(9-14)20-11-19-16/h6-7,9,12-13,15,18H,5,8,10-11H2,1-4H3. The van der Waals surface area contributed by atoms with Crippen molar-refractivity contribution in [2.75, 3.05) is 19.1 Å². The third kappa shape index (κ3) is 4.55. The van der Waals surface area contributed by atoms with Crippen molar-refractivity contribution in [1.82, 2.24) is 5.32 Å². The van der Waals surface area contributed by atoms with Crippen LogP contribution in [-0.4, -0.2) is 24.3 Å². The number of ether oxygens (including phenoxy) is 2. The number of thioether (sulfide) groups is 1. The van der Waals surface area contributed by atoms with Gasteiger partial charge in [0, 0.05) is 17.0 Å². The lowest BCUT2D eigenvalue weighted by atomic mass is 10.1. The average Bonchev–Trinajstić information content (AvgIpc) is 2.94. The van der Waals surface area contributed by atoms with Gasteiger partial charge in [0.25, 0.3) is 0 Å². The van der Waals surface area contributed by atoms with Crippen molar-refractivity contribution in [1.29, 1.82) is 0 Å². The molecule has 1 aromatic carbocycles. The van der Waals surface area contributed by atoms with Gasteiger partial charge in [-0.05, 0) is 36.6 Å². The van der Waals surface area contributed by atoms with Crippen LogP contribution in [0.2, 0.25) is 0 Å². The zero-order chi connectivity index (χ0) is 15.2. The summed E-state index contributed by atoms with van der Waals surface area (Å²) < 4.78 is 10.9. The van der Waals surface area contributed by atoms with Crippen molar-refractivity contribution in [2.45, 2.75) is 45.4 Å². The minimum Gasteiger partial charge on any atom is -0.454 e. The van der Waals surface area contributed by atoms with Crippen LogP contribution in [0.3, 0.4) is 0 Å². The number of fused-ring (bicyclic) bond motifs is 1. The van der Waals surface area contributed by atoms with Crippen LogP contribution < -0.4 is 14.8 Å². The van der Waals surface area contributed by atoms with Gasteiger partial charge in [-0.15, -0.1) is 0 Å². The number of hydrogen-bond acceptors (Lipinski definition) is 4. The Balaban J connectivity index is 2.04. The third-order valence-corrected chi connectivity index (χ3v) is 5.50. The molecule has 1 aromatic rings. The molecule has 1 heterocycles. The summed E-state index contributed by atoms with van der Waals surface area (Å²) in [6.45, 7) is 10.5. The van der Waals surface area contributed by atoms with Crippen molar-refractivity contribution in [2.24, 2.45) is 5.92 Å². The Morgan fingerprint density at radius 2 is 1.95 bits per heavy atom. The van der Waals surface area contributed by atoms with E-state index in [0.717, 1.165) is 30.2 Å². The number of benzene rings is 1. The van der Waals surface area contributed by atoms with Crippen molar-refractivity contribution >= 4 is 11.8 Å². The Morgan fingerprint density at radius 1 is 1.19 bits per heavy atom. The van der Waals surface area contributed by atoms with Gasteiger partial charge in [0.05, 0.1) is 0 Å². The molecular weight excluding hydrogens is 282 g/mol. The van der Waals surface area contributed by atoms with Gasteiger partial charge in [0.15, 0.2) is 11.5 Å². The fourth-order valence-electron chi connectivity index (χ4n) is 2.16. The molecule has 1 aliphatic heterocycles. The summed E-state index contributed by atoms with van der Waals surface area (Å²) >= 11 is 2.04. The quantitative estimate of drug-likeness (QED) is 0.778. The summed E-state index contributed by atoms with van der Waals surface area (Å²) in [5, 5.41) is 4.33. The molecule has 0 spiro atoms. The molecule has 4 heteroatoms. The first-order valence-electron chi connectivity index (χ1n) is 7.86. The first kappa shape index (κ1) is 16.5. The van der Waals surface area contributed by atoms with Gasteiger partial charge in [-0.2, -0.15) is 11.8 Å². The summed E-state index contributed by atoms with van der Waals surface area (Å²) in [6.07, 6.45) is 1.14. The third-order valence-electron chi connectivity index (χ3n) is 3.90. The molecule has 1 N–H and O–H groups in total. The molecule has 2 atom stereocenters. The minimum absolute atomic E-state index is 0.338. The van der Waals surface area contributed by atoms with Crippen LogP contribution in [-0.2, 0) is 0 Å². The van der Waals surface area contributed by atoms with Crippen LogP contribution >= 0.6 is 11.8 Å². The molecule has 0 aliphatic carbocycles. The fourth-order valence-corrected chi connectivity index (χ4v) is 3.35. The van der Waals surface area contributed by atoms with Crippen molar-refractivity contribution < 1.29 is 9.47 Å². The summed E-state index contributed by atoms with van der Waals surface area (Å²) in [6, 6.07) is 6.66. The maximum Gasteiger partial charge on any atom is 0.231 e. The zero-order valence-corrected chi connectivity index (χ0v) is 14.3. The van der Waals surface area contributed by atoms with E-state index in [4.69, 9.17) is 9.47 Å². The van der Waals surface area contributed by atoms with E-state index in [0.29, 0.717) is 24.0 Å². The normalized spacial score (nSPS) is 16.2. The highest BCUT2D eigenvalue weighted by Crippen LogP contribution is 2.35. The monoisotopic (exact) mass is 309 g/mol. The van der Waals surface area contributed by atoms with Gasteiger partial charge in [-0.1, -0.05) is 33.8 Å². The molecule has 1 aliphatic rings. The minimum atomic E-state index is 0.338. The van der Waals surface area contributed by atoms with E-state index in [1.165, 1.54) is 5.56 Å². The van der Waals surface area contributed by atoms with E-state index in [1.54, 1.807) is 0 Å². The number of hydrogen-bond donors (Lipinski definition) is 1. The first-order chi connectivity index (χ1) is 10.1. The molecule has 2 rings (SSSR count). The molecule has 0 fully saturated rings. The highest BCUT2D eigenvalue weighted by molar-refractivity contribution is 7.99. The topological polar surface area (TPSA) is 30.5 Å². The van der Waals surface area contributed by atoms with Gasteiger partial charge >= 0.3 is 0 Å². The second kappa shape index (κ2) is 7.95. The van der Waals surface area contributed by atoms with Crippen LogP contribution in [0.25, 0.3) is 0 Å². The molecule has 21 heavy (non-hydrogen) atoms. The maximum atomic E-state index is 5.50. The van der Waals surface area contributed by atoms with E-state index >= 15 is 0 Å². The highest BCUT2D eigenvalue weighted by atomic mass is 32.2. The lowest BCUT2D eigenvalue weighted by Crippen LogP contribution is -2.25. The van der Waals surface area contributed by atoms with Gasteiger partial charge < -0.3 is 14.8 Å². The van der Waals surface area contributed by atoms with Crippen LogP contribution in [0.15, 0.2) is 18.2 Å². The summed E-state index contributed by atoms with van der Waals surface area (Å²) in [5.74, 6) is 3.52. The lowest BCUT2D eigenvalue weighted by molar-refractivity contribution is 0.174. The van der Waals surface area contributed by atoms with Crippen molar-refractivity contribution in [3.63, 3.8) is 0 Å². The average molecular weight is 309 g/mol. The zero-order valence-electron chi connectivity index (χ0n) is 13.5. The Labute approximate surface area is 132 Å². The van der Waals surface area contributed by atoms with E-state index in [-0.39, 0.29) is 0 Å². The Hall–Kier alpha value is -0.870. The van der Waals surface area contributed by atoms with Crippen molar-refractivity contribution in [3.8, 4) is 11.5 Å². The second-order valence-corrected chi connectivity index (χ2v) is 7.31. The molecule has 0 aromatic heterocycles. The number of rotatable bonds is 8. The van der Waals surface area contributed by atoms with Crippen LogP contribution in [0, 0.1) is 5.92 Å². The van der Waals surface area contributed by atoms with Gasteiger partial charge in [0.1, 0.15) is 0 Å². The van der Waals surface area contributed by atoms with Gasteiger partial charge in [-0.3, -0.25) is 0 Å². The van der Waals surface area contributed by atoms with Crippen LogP contribution in [0.5, 0.6) is 11.5 Å². The largest absolute Gasteiger partial charge is 0.454 e. The van der Waals surface area contributed by atoms with Gasteiger partial charge in [-0.25, -0.2) is 0 Å². The van der Waals surface area contributed by atoms with E-state index in [1.807, 2.05) is 17.8 Å². The molecule has 0 bridgehead atoms. The maximum absolute atomic E-state index is 5.50. The molecule has 3 nitrogen and oxygen atoms in total. The molecule has 0 radical (unpaired) electrons. The predicted octanol–water partition coefficient (Wildman–Crippen LogP) is 4.23. The first-order valence-corrected chi connectivity index (χ1v) is 8.91. The lowest BCUT2D eigenvalue weighted by Gasteiger charge is -2.22. The summed E-state index contributed by atoms with van der Waals surface area (Å²) in [4.78, 5) is 0. The molecule has 0 amide bonds. The summed E-state index contributed by atoms with van der Waals surface area (Å²) in [7, 11) is 0. The molecular formula is C17H27NO2S. The Kier molecular flexibility index (Phi) is 6.24. The van der Waals surface area contributed by atoms with E-state index < -0.39 is 0 Å². The van der Waals surface area contributed by atoms with Gasteiger partial charge in [0.2, 0.25) is 6.79 Å². The fraction of sp³-hybridized carbons (Fsp3) is 0.647. The van der Waals surface area contributed by atoms with Crippen LogP contribution in [0.4, 0.5) is 0 Å². The Bertz CT molecular complexity index is 450. The van der Waals surface area contributed by atoms with Crippen molar-refractivity contribution in [3.05, 3.63) is 23.8 Å². The molecule has 118 valence electrons. The van der Waals surface area contributed by atoms with E-state index in [9.17, 15) is 0 Å². The van der Waals surface area contributed by atoms with E-state index in [2.05, 4.69) is 45.1 Å². The highest BCUT2D eigenvalue weighted by Gasteiger charge is 2.19. The Morgan fingerprint density at radius 3 is 2.67 bits per heavy atom. The SMILES string of the molecule is CCCNC(CSC(C)C(C)C)c1ccc2c(c1)OCO2. The summed E-state index contributed by atoms with van der Waals surface area (Å²) in [5.41, 5.74) is 1.29. The molecule has 0 saturated heterocycles. The molecule has 2 unspecified atom stereocenters. The van der Waals surface area contributed by atoms with Crippen LogP contribution in [0.1, 0.15) is 45.7 Å². The predicted molar refractivity (Wildman–Crippen MR) is 90.4 cm³/mol. The number of nitrogens with one attached hydrogen (secondary N) is 1. The second-order valence-electron chi connectivity index (χ2n) is 5.90. The molecule has 0 saturated carbocycles.